The van der Waals surface area contributed by atoms with Gasteiger partial charge < -0.3 is 4.74 Å². The normalized spacial score (nSPS) is 12.3. The van der Waals surface area contributed by atoms with Gasteiger partial charge in [0.2, 0.25) is 0 Å². The third-order valence-electron chi connectivity index (χ3n) is 1.75. The minimum atomic E-state index is -0.909. The molecule has 1 unspecified atom stereocenters. The maximum absolute atomic E-state index is 13.1. The number of carbonyl (C=O) groups excluding carboxylic acids is 1. The van der Waals surface area contributed by atoms with Crippen molar-refractivity contribution in [2.75, 3.05) is 0 Å². The summed E-state index contributed by atoms with van der Waals surface area (Å²) < 4.78 is 30.9. The molecule has 0 bridgehead atoms. The van der Waals surface area contributed by atoms with Crippen LogP contribution in [0.4, 0.5) is 8.78 Å². The Bertz CT molecular complexity index is 330. The molecule has 4 heteroatoms. The SMILES string of the molecule is CC(=O)OC(C)c1c(F)cccc1F. The summed E-state index contributed by atoms with van der Waals surface area (Å²) in [5.74, 6) is -1.99. The van der Waals surface area contributed by atoms with E-state index in [-0.39, 0.29) is 5.56 Å². The first-order valence-corrected chi connectivity index (χ1v) is 4.13. The zero-order valence-electron chi connectivity index (χ0n) is 7.88. The van der Waals surface area contributed by atoms with Gasteiger partial charge in [0.25, 0.3) is 0 Å². The highest BCUT2D eigenvalue weighted by atomic mass is 19.1. The molecule has 1 aromatic rings. The van der Waals surface area contributed by atoms with Gasteiger partial charge in [0.05, 0.1) is 5.56 Å². The van der Waals surface area contributed by atoms with Gasteiger partial charge in [-0.1, -0.05) is 6.07 Å². The van der Waals surface area contributed by atoms with Crippen molar-refractivity contribution >= 4 is 5.97 Å². The van der Waals surface area contributed by atoms with Crippen molar-refractivity contribution in [1.82, 2.24) is 0 Å². The minimum Gasteiger partial charge on any atom is -0.458 e. The van der Waals surface area contributed by atoms with E-state index in [2.05, 4.69) is 4.74 Å². The first-order chi connectivity index (χ1) is 6.52. The molecule has 1 aromatic carbocycles. The van der Waals surface area contributed by atoms with E-state index in [0.717, 1.165) is 12.1 Å². The molecular formula is C10H10F2O2. The highest BCUT2D eigenvalue weighted by Gasteiger charge is 2.17. The van der Waals surface area contributed by atoms with Crippen LogP contribution in [0.5, 0.6) is 0 Å². The van der Waals surface area contributed by atoms with E-state index in [4.69, 9.17) is 0 Å². The standard InChI is InChI=1S/C10H10F2O2/c1-6(14-7(2)13)10-8(11)4-3-5-9(10)12/h3-6H,1-2H3. The molecule has 0 saturated heterocycles. The van der Waals surface area contributed by atoms with Crippen LogP contribution in [0.25, 0.3) is 0 Å². The van der Waals surface area contributed by atoms with Crippen LogP contribution in [0, 0.1) is 11.6 Å². The third-order valence-corrected chi connectivity index (χ3v) is 1.75. The smallest absolute Gasteiger partial charge is 0.303 e. The molecule has 0 radical (unpaired) electrons. The molecule has 0 amide bonds. The summed E-state index contributed by atoms with van der Waals surface area (Å²) in [5.41, 5.74) is -0.220. The predicted octanol–water partition coefficient (Wildman–Crippen LogP) is 2.59. The van der Waals surface area contributed by atoms with E-state index >= 15 is 0 Å². The van der Waals surface area contributed by atoms with E-state index in [0.29, 0.717) is 0 Å². The Morgan fingerprint density at radius 2 is 1.86 bits per heavy atom. The molecule has 0 fully saturated rings. The topological polar surface area (TPSA) is 26.3 Å². The van der Waals surface area contributed by atoms with Crippen LogP contribution in [0.2, 0.25) is 0 Å². The number of hydrogen-bond donors (Lipinski definition) is 0. The van der Waals surface area contributed by atoms with E-state index in [1.807, 2.05) is 0 Å². The van der Waals surface area contributed by atoms with Crippen LogP contribution in [-0.4, -0.2) is 5.97 Å². The summed E-state index contributed by atoms with van der Waals surface area (Å²) >= 11 is 0. The number of carbonyl (C=O) groups is 1. The summed E-state index contributed by atoms with van der Waals surface area (Å²) in [5, 5.41) is 0. The molecule has 0 aliphatic heterocycles. The van der Waals surface area contributed by atoms with Crippen molar-refractivity contribution in [1.29, 1.82) is 0 Å². The maximum Gasteiger partial charge on any atom is 0.303 e. The molecule has 0 saturated carbocycles. The Balaban J connectivity index is 2.99. The number of ether oxygens (including phenoxy) is 1. The van der Waals surface area contributed by atoms with Crippen LogP contribution in [0.1, 0.15) is 25.5 Å². The molecule has 0 aliphatic rings. The molecule has 76 valence electrons. The van der Waals surface area contributed by atoms with Crippen molar-refractivity contribution in [2.24, 2.45) is 0 Å². The van der Waals surface area contributed by atoms with Crippen molar-refractivity contribution in [3.63, 3.8) is 0 Å². The van der Waals surface area contributed by atoms with Crippen molar-refractivity contribution in [2.45, 2.75) is 20.0 Å². The van der Waals surface area contributed by atoms with Gasteiger partial charge in [-0.05, 0) is 19.1 Å². The highest BCUT2D eigenvalue weighted by Crippen LogP contribution is 2.23. The van der Waals surface area contributed by atoms with E-state index < -0.39 is 23.7 Å². The number of esters is 1. The number of hydrogen-bond acceptors (Lipinski definition) is 2. The summed E-state index contributed by atoms with van der Waals surface area (Å²) in [6, 6.07) is 3.51. The molecule has 0 heterocycles. The van der Waals surface area contributed by atoms with Crippen molar-refractivity contribution in [3.05, 3.63) is 35.4 Å². The second-order valence-electron chi connectivity index (χ2n) is 2.89. The quantitative estimate of drug-likeness (QED) is 0.686. The van der Waals surface area contributed by atoms with Gasteiger partial charge in [0, 0.05) is 6.92 Å². The fourth-order valence-corrected chi connectivity index (χ4v) is 1.21. The molecule has 0 spiro atoms. The molecule has 1 atom stereocenters. The first kappa shape index (κ1) is 10.6. The molecular weight excluding hydrogens is 190 g/mol. The Morgan fingerprint density at radius 3 is 2.29 bits per heavy atom. The first-order valence-electron chi connectivity index (χ1n) is 4.13. The van der Waals surface area contributed by atoms with Gasteiger partial charge in [-0.15, -0.1) is 0 Å². The lowest BCUT2D eigenvalue weighted by molar-refractivity contribution is -0.146. The Morgan fingerprint density at radius 1 is 1.36 bits per heavy atom. The minimum absolute atomic E-state index is 0.220. The Labute approximate surface area is 80.5 Å². The van der Waals surface area contributed by atoms with Crippen LogP contribution in [-0.2, 0) is 9.53 Å². The average molecular weight is 200 g/mol. The molecule has 0 N–H and O–H groups in total. The maximum atomic E-state index is 13.1. The van der Waals surface area contributed by atoms with E-state index in [9.17, 15) is 13.6 Å². The van der Waals surface area contributed by atoms with Crippen LogP contribution >= 0.6 is 0 Å². The molecule has 2 nitrogen and oxygen atoms in total. The lowest BCUT2D eigenvalue weighted by Gasteiger charge is -2.13. The number of rotatable bonds is 2. The Kier molecular flexibility index (Phi) is 3.17. The molecule has 0 aromatic heterocycles. The van der Waals surface area contributed by atoms with Crippen LogP contribution in [0.15, 0.2) is 18.2 Å². The Hall–Kier alpha value is -1.45. The lowest BCUT2D eigenvalue weighted by Crippen LogP contribution is -2.08. The fourth-order valence-electron chi connectivity index (χ4n) is 1.21. The van der Waals surface area contributed by atoms with Gasteiger partial charge in [0.1, 0.15) is 17.7 Å². The van der Waals surface area contributed by atoms with Gasteiger partial charge in [-0.25, -0.2) is 8.78 Å². The number of benzene rings is 1. The third kappa shape index (κ3) is 2.28. The fraction of sp³-hybridized carbons (Fsp3) is 0.300. The summed E-state index contributed by atoms with van der Waals surface area (Å²) in [6.45, 7) is 2.61. The zero-order valence-corrected chi connectivity index (χ0v) is 7.88. The summed E-state index contributed by atoms with van der Waals surface area (Å²) in [4.78, 5) is 10.6. The highest BCUT2D eigenvalue weighted by molar-refractivity contribution is 5.66. The second-order valence-corrected chi connectivity index (χ2v) is 2.89. The van der Waals surface area contributed by atoms with Crippen molar-refractivity contribution < 1.29 is 18.3 Å². The second kappa shape index (κ2) is 4.17. The lowest BCUT2D eigenvalue weighted by atomic mass is 10.1. The summed E-state index contributed by atoms with van der Waals surface area (Å²) in [7, 11) is 0. The van der Waals surface area contributed by atoms with Gasteiger partial charge in [-0.3, -0.25) is 4.79 Å². The van der Waals surface area contributed by atoms with Crippen LogP contribution in [0.3, 0.4) is 0 Å². The molecule has 14 heavy (non-hydrogen) atoms. The van der Waals surface area contributed by atoms with Gasteiger partial charge in [-0.2, -0.15) is 0 Å². The van der Waals surface area contributed by atoms with Gasteiger partial charge in [0.15, 0.2) is 0 Å². The van der Waals surface area contributed by atoms with Crippen LogP contribution < -0.4 is 0 Å². The zero-order chi connectivity index (χ0) is 10.7. The summed E-state index contributed by atoms with van der Waals surface area (Å²) in [6.07, 6.45) is -0.909. The largest absolute Gasteiger partial charge is 0.458 e. The molecule has 0 aliphatic carbocycles. The molecule has 1 rings (SSSR count). The predicted molar refractivity (Wildman–Crippen MR) is 46.5 cm³/mol. The van der Waals surface area contributed by atoms with Gasteiger partial charge >= 0.3 is 5.97 Å². The monoisotopic (exact) mass is 200 g/mol. The van der Waals surface area contributed by atoms with E-state index in [1.54, 1.807) is 0 Å². The number of halogens is 2. The van der Waals surface area contributed by atoms with Crippen molar-refractivity contribution in [3.8, 4) is 0 Å². The van der Waals surface area contributed by atoms with E-state index in [1.165, 1.54) is 19.9 Å². The average Bonchev–Trinajstić information content (AvgIpc) is 2.01.